The van der Waals surface area contributed by atoms with Gasteiger partial charge >= 0.3 is 6.09 Å². The zero-order chi connectivity index (χ0) is 19.5. The quantitative estimate of drug-likeness (QED) is 0.476. The summed E-state index contributed by atoms with van der Waals surface area (Å²) in [6.07, 6.45) is -0.877. The molecule has 3 amide bonds. The van der Waals surface area contributed by atoms with Gasteiger partial charge < -0.3 is 26.2 Å². The van der Waals surface area contributed by atoms with Gasteiger partial charge in [0.15, 0.2) is 0 Å². The molecule has 0 radical (unpaired) electrons. The molecule has 0 unspecified atom stereocenters. The van der Waals surface area contributed by atoms with Crippen LogP contribution in [0, 0.1) is 17.2 Å². The Hall–Kier alpha value is -3.12. The van der Waals surface area contributed by atoms with Crippen molar-refractivity contribution < 1.29 is 24.2 Å². The summed E-state index contributed by atoms with van der Waals surface area (Å²) < 4.78 is 4.97. The SMILES string of the molecule is C[C@H](C#N)C[C@@H](NC(=O)[C@H](CO)NC(=O)OCc1ccccc1)C(N)=O. The van der Waals surface area contributed by atoms with E-state index >= 15 is 0 Å². The molecule has 0 spiro atoms. The van der Waals surface area contributed by atoms with E-state index in [4.69, 9.17) is 15.7 Å². The molecule has 140 valence electrons. The highest BCUT2D eigenvalue weighted by molar-refractivity contribution is 5.90. The van der Waals surface area contributed by atoms with E-state index in [1.165, 1.54) is 0 Å². The van der Waals surface area contributed by atoms with Gasteiger partial charge in [-0.05, 0) is 18.9 Å². The number of carbonyl (C=O) groups excluding carboxylic acids is 3. The molecule has 0 fully saturated rings. The molecule has 3 atom stereocenters. The number of nitrogens with zero attached hydrogens (tertiary/aromatic N) is 1. The van der Waals surface area contributed by atoms with E-state index in [-0.39, 0.29) is 13.0 Å². The Morgan fingerprint density at radius 2 is 1.88 bits per heavy atom. The number of nitrogens with two attached hydrogens (primary N) is 1. The monoisotopic (exact) mass is 362 g/mol. The third-order valence-corrected chi connectivity index (χ3v) is 3.47. The second kappa shape index (κ2) is 10.7. The number of benzene rings is 1. The number of nitriles is 1. The van der Waals surface area contributed by atoms with Crippen LogP contribution >= 0.6 is 0 Å². The van der Waals surface area contributed by atoms with E-state index in [1.807, 2.05) is 12.1 Å². The predicted molar refractivity (Wildman–Crippen MR) is 91.2 cm³/mol. The number of hydrogen-bond acceptors (Lipinski definition) is 6. The largest absolute Gasteiger partial charge is 0.445 e. The van der Waals surface area contributed by atoms with Gasteiger partial charge in [-0.1, -0.05) is 30.3 Å². The average Bonchev–Trinajstić information content (AvgIpc) is 2.64. The van der Waals surface area contributed by atoms with Gasteiger partial charge in [-0.25, -0.2) is 4.79 Å². The van der Waals surface area contributed by atoms with E-state index in [9.17, 15) is 19.5 Å². The summed E-state index contributed by atoms with van der Waals surface area (Å²) in [6, 6.07) is 8.43. The summed E-state index contributed by atoms with van der Waals surface area (Å²) in [5, 5.41) is 22.6. The third-order valence-electron chi connectivity index (χ3n) is 3.47. The number of carbonyl (C=O) groups is 3. The second-order valence-corrected chi connectivity index (χ2v) is 5.67. The highest BCUT2D eigenvalue weighted by Gasteiger charge is 2.26. The number of rotatable bonds is 9. The topological polar surface area (TPSA) is 155 Å². The smallest absolute Gasteiger partial charge is 0.408 e. The molecule has 0 aliphatic rings. The Kier molecular flexibility index (Phi) is 8.60. The Morgan fingerprint density at radius 1 is 1.23 bits per heavy atom. The maximum absolute atomic E-state index is 12.1. The van der Waals surface area contributed by atoms with Gasteiger partial charge in [0.25, 0.3) is 0 Å². The molecule has 1 aromatic carbocycles. The summed E-state index contributed by atoms with van der Waals surface area (Å²) in [6.45, 7) is 0.867. The van der Waals surface area contributed by atoms with Crippen LogP contribution in [0.5, 0.6) is 0 Å². The van der Waals surface area contributed by atoms with Crippen LogP contribution < -0.4 is 16.4 Å². The first-order valence-corrected chi connectivity index (χ1v) is 7.94. The van der Waals surface area contributed by atoms with E-state index in [0.29, 0.717) is 0 Å². The molecule has 0 saturated heterocycles. The zero-order valence-corrected chi connectivity index (χ0v) is 14.3. The van der Waals surface area contributed by atoms with Gasteiger partial charge in [0.05, 0.1) is 12.7 Å². The molecule has 0 aliphatic heterocycles. The van der Waals surface area contributed by atoms with Crippen LogP contribution in [0.4, 0.5) is 4.79 Å². The van der Waals surface area contributed by atoms with E-state index in [1.54, 1.807) is 31.2 Å². The van der Waals surface area contributed by atoms with Crippen LogP contribution in [0.3, 0.4) is 0 Å². The summed E-state index contributed by atoms with van der Waals surface area (Å²) in [4.78, 5) is 35.3. The van der Waals surface area contributed by atoms with Gasteiger partial charge in [0, 0.05) is 5.92 Å². The summed E-state index contributed by atoms with van der Waals surface area (Å²) in [5.41, 5.74) is 5.96. The molecular weight excluding hydrogens is 340 g/mol. The average molecular weight is 362 g/mol. The molecule has 0 aromatic heterocycles. The van der Waals surface area contributed by atoms with Crippen LogP contribution in [0.2, 0.25) is 0 Å². The van der Waals surface area contributed by atoms with Crippen molar-refractivity contribution in [1.82, 2.24) is 10.6 Å². The molecule has 0 aliphatic carbocycles. The van der Waals surface area contributed by atoms with Crippen molar-refractivity contribution in [2.24, 2.45) is 11.7 Å². The maximum atomic E-state index is 12.1. The Morgan fingerprint density at radius 3 is 2.42 bits per heavy atom. The molecule has 26 heavy (non-hydrogen) atoms. The Labute approximate surface area is 151 Å². The number of nitrogens with one attached hydrogen (secondary N) is 2. The van der Waals surface area contributed by atoms with E-state index < -0.39 is 42.5 Å². The fourth-order valence-corrected chi connectivity index (χ4v) is 2.03. The summed E-state index contributed by atoms with van der Waals surface area (Å²) in [7, 11) is 0. The first kappa shape index (κ1) is 20.9. The number of ether oxygens (including phenoxy) is 1. The second-order valence-electron chi connectivity index (χ2n) is 5.67. The lowest BCUT2D eigenvalue weighted by atomic mass is 10.0. The predicted octanol–water partition coefficient (Wildman–Crippen LogP) is -0.206. The fraction of sp³-hybridized carbons (Fsp3) is 0.412. The number of hydrogen-bond donors (Lipinski definition) is 4. The standard InChI is InChI=1S/C17H22N4O5/c1-11(8-18)7-13(15(19)23)20-16(24)14(9-22)21-17(25)26-10-12-5-3-2-4-6-12/h2-6,11,13-14,22H,7,9-10H2,1H3,(H2,19,23)(H,20,24)(H,21,25)/t11-,13+,14-/m0/s1. The van der Waals surface area contributed by atoms with Gasteiger partial charge in [-0.3, -0.25) is 9.59 Å². The van der Waals surface area contributed by atoms with Crippen molar-refractivity contribution in [1.29, 1.82) is 5.26 Å². The molecule has 0 saturated carbocycles. The maximum Gasteiger partial charge on any atom is 0.408 e. The molecule has 5 N–H and O–H groups in total. The van der Waals surface area contributed by atoms with Crippen LogP contribution in [-0.2, 0) is 20.9 Å². The first-order valence-electron chi connectivity index (χ1n) is 7.94. The normalized spacial score (nSPS) is 13.6. The number of aliphatic hydroxyl groups excluding tert-OH is 1. The first-order chi connectivity index (χ1) is 12.4. The van der Waals surface area contributed by atoms with Gasteiger partial charge in [-0.15, -0.1) is 0 Å². The van der Waals surface area contributed by atoms with Crippen LogP contribution in [0.15, 0.2) is 30.3 Å². The molecule has 9 heteroatoms. The minimum Gasteiger partial charge on any atom is -0.445 e. The number of alkyl carbamates (subject to hydrolysis) is 1. The molecule has 1 rings (SSSR count). The van der Waals surface area contributed by atoms with Crippen molar-refractivity contribution in [2.45, 2.75) is 32.0 Å². The van der Waals surface area contributed by atoms with Gasteiger partial charge in [0.2, 0.25) is 11.8 Å². The lowest BCUT2D eigenvalue weighted by molar-refractivity contribution is -0.129. The molecule has 9 nitrogen and oxygen atoms in total. The summed E-state index contributed by atoms with van der Waals surface area (Å²) >= 11 is 0. The molecular formula is C17H22N4O5. The number of aliphatic hydroxyl groups is 1. The van der Waals surface area contributed by atoms with Crippen molar-refractivity contribution in [3.8, 4) is 6.07 Å². The number of amides is 3. The van der Waals surface area contributed by atoms with Crippen LogP contribution in [0.1, 0.15) is 18.9 Å². The third kappa shape index (κ3) is 7.19. The van der Waals surface area contributed by atoms with Crippen molar-refractivity contribution in [3.63, 3.8) is 0 Å². The minimum absolute atomic E-state index is 0.00393. The molecule has 1 aromatic rings. The Bertz CT molecular complexity index is 659. The zero-order valence-electron chi connectivity index (χ0n) is 14.3. The molecule has 0 heterocycles. The highest BCUT2D eigenvalue weighted by Crippen LogP contribution is 2.05. The number of primary amides is 1. The Balaban J connectivity index is 2.57. The van der Waals surface area contributed by atoms with Gasteiger partial charge in [-0.2, -0.15) is 5.26 Å². The van der Waals surface area contributed by atoms with E-state index in [0.717, 1.165) is 5.56 Å². The van der Waals surface area contributed by atoms with Crippen molar-refractivity contribution >= 4 is 17.9 Å². The van der Waals surface area contributed by atoms with Crippen LogP contribution in [0.25, 0.3) is 0 Å². The van der Waals surface area contributed by atoms with Crippen molar-refractivity contribution in [3.05, 3.63) is 35.9 Å². The summed E-state index contributed by atoms with van der Waals surface area (Å²) in [5.74, 6) is -2.13. The lowest BCUT2D eigenvalue weighted by Crippen LogP contribution is -2.54. The minimum atomic E-state index is -1.32. The van der Waals surface area contributed by atoms with Crippen molar-refractivity contribution in [2.75, 3.05) is 6.61 Å². The van der Waals surface area contributed by atoms with Crippen LogP contribution in [-0.4, -0.2) is 41.7 Å². The molecule has 0 bridgehead atoms. The van der Waals surface area contributed by atoms with E-state index in [2.05, 4.69) is 10.6 Å². The highest BCUT2D eigenvalue weighted by atomic mass is 16.5. The van der Waals surface area contributed by atoms with Gasteiger partial charge in [0.1, 0.15) is 18.7 Å². The lowest BCUT2D eigenvalue weighted by Gasteiger charge is -2.21. The fourth-order valence-electron chi connectivity index (χ4n) is 2.03.